The second kappa shape index (κ2) is 7.65. The van der Waals surface area contributed by atoms with Crippen LogP contribution in [0.4, 0.5) is 14.5 Å². The van der Waals surface area contributed by atoms with E-state index < -0.39 is 24.1 Å². The molecule has 5 nitrogen and oxygen atoms in total. The monoisotopic (exact) mass is 334 g/mol. The molecule has 0 atom stereocenters. The largest absolute Gasteiger partial charge is 0.392 e. The van der Waals surface area contributed by atoms with Crippen molar-refractivity contribution < 1.29 is 23.5 Å². The van der Waals surface area contributed by atoms with Crippen LogP contribution in [0.25, 0.3) is 0 Å². The summed E-state index contributed by atoms with van der Waals surface area (Å²) in [7, 11) is 0. The predicted octanol–water partition coefficient (Wildman–Crippen LogP) is 2.35. The third-order valence-corrected chi connectivity index (χ3v) is 3.26. The fraction of sp³-hybridized carbons (Fsp3) is 0.176. The number of amides is 2. The van der Waals surface area contributed by atoms with Crippen molar-refractivity contribution in [3.05, 3.63) is 64.7 Å². The van der Waals surface area contributed by atoms with E-state index >= 15 is 0 Å². The Balaban J connectivity index is 2.11. The number of hydrogen-bond donors (Lipinski definition) is 3. The topological polar surface area (TPSA) is 78.4 Å². The number of aliphatic hydroxyl groups is 1. The molecular weight excluding hydrogens is 318 g/mol. The number of rotatable bonds is 5. The van der Waals surface area contributed by atoms with Gasteiger partial charge in [-0.1, -0.05) is 6.07 Å². The highest BCUT2D eigenvalue weighted by atomic mass is 19.1. The second-order valence-electron chi connectivity index (χ2n) is 5.14. The second-order valence-corrected chi connectivity index (χ2v) is 5.14. The molecule has 3 N–H and O–H groups in total. The van der Waals surface area contributed by atoms with Gasteiger partial charge < -0.3 is 15.7 Å². The van der Waals surface area contributed by atoms with Crippen molar-refractivity contribution in [2.24, 2.45) is 0 Å². The average Bonchev–Trinajstić information content (AvgIpc) is 2.55. The predicted molar refractivity (Wildman–Crippen MR) is 84.2 cm³/mol. The maximum absolute atomic E-state index is 13.8. The van der Waals surface area contributed by atoms with Crippen molar-refractivity contribution in [3.8, 4) is 0 Å². The normalized spacial score (nSPS) is 10.3. The maximum Gasteiger partial charge on any atom is 0.254 e. The molecule has 0 aliphatic heterocycles. The number of halogens is 2. The van der Waals surface area contributed by atoms with E-state index in [4.69, 9.17) is 5.11 Å². The van der Waals surface area contributed by atoms with E-state index in [1.54, 1.807) is 0 Å². The van der Waals surface area contributed by atoms with Crippen LogP contribution in [0.1, 0.15) is 28.4 Å². The summed E-state index contributed by atoms with van der Waals surface area (Å²) in [6.07, 6.45) is 0. The Morgan fingerprint density at radius 1 is 1.08 bits per heavy atom. The van der Waals surface area contributed by atoms with E-state index in [0.717, 1.165) is 6.07 Å². The van der Waals surface area contributed by atoms with Crippen LogP contribution in [-0.2, 0) is 17.9 Å². The first kappa shape index (κ1) is 17.6. The average molecular weight is 334 g/mol. The van der Waals surface area contributed by atoms with Crippen molar-refractivity contribution in [2.45, 2.75) is 20.1 Å². The highest BCUT2D eigenvalue weighted by Gasteiger charge is 2.13. The van der Waals surface area contributed by atoms with E-state index in [1.807, 2.05) is 0 Å². The van der Waals surface area contributed by atoms with Crippen LogP contribution in [0.5, 0.6) is 0 Å². The van der Waals surface area contributed by atoms with E-state index in [1.165, 1.54) is 37.3 Å². The van der Waals surface area contributed by atoms with Crippen molar-refractivity contribution in [1.29, 1.82) is 0 Å². The maximum atomic E-state index is 13.8. The summed E-state index contributed by atoms with van der Waals surface area (Å²) in [5, 5.41) is 14.0. The highest BCUT2D eigenvalue weighted by Crippen LogP contribution is 2.15. The number of benzene rings is 2. The van der Waals surface area contributed by atoms with Gasteiger partial charge in [0.1, 0.15) is 11.6 Å². The summed E-state index contributed by atoms with van der Waals surface area (Å²) in [5.41, 5.74) is 0.761. The Kier molecular flexibility index (Phi) is 5.59. The molecule has 0 saturated carbocycles. The zero-order chi connectivity index (χ0) is 17.7. The number of carbonyl (C=O) groups is 2. The van der Waals surface area contributed by atoms with Gasteiger partial charge in [0.2, 0.25) is 5.91 Å². The third kappa shape index (κ3) is 4.36. The van der Waals surface area contributed by atoms with Crippen LogP contribution in [0.15, 0.2) is 36.4 Å². The lowest BCUT2D eigenvalue weighted by atomic mass is 10.1. The van der Waals surface area contributed by atoms with Gasteiger partial charge in [-0.2, -0.15) is 0 Å². The first-order chi connectivity index (χ1) is 11.4. The summed E-state index contributed by atoms with van der Waals surface area (Å²) in [6, 6.07) is 7.72. The lowest BCUT2D eigenvalue weighted by molar-refractivity contribution is -0.114. The van der Waals surface area contributed by atoms with Gasteiger partial charge in [-0.25, -0.2) is 8.78 Å². The minimum Gasteiger partial charge on any atom is -0.392 e. The molecule has 0 bridgehead atoms. The number of hydrogen-bond acceptors (Lipinski definition) is 3. The first-order valence-electron chi connectivity index (χ1n) is 7.14. The Bertz CT molecular complexity index is 778. The molecule has 2 amide bonds. The Morgan fingerprint density at radius 2 is 1.79 bits per heavy atom. The summed E-state index contributed by atoms with van der Waals surface area (Å²) in [4.78, 5) is 23.1. The quantitative estimate of drug-likeness (QED) is 0.785. The summed E-state index contributed by atoms with van der Waals surface area (Å²) < 4.78 is 27.1. The fourth-order valence-electron chi connectivity index (χ4n) is 2.12. The zero-order valence-electron chi connectivity index (χ0n) is 12.9. The van der Waals surface area contributed by atoms with Gasteiger partial charge in [0, 0.05) is 24.7 Å². The van der Waals surface area contributed by atoms with Gasteiger partial charge in [-0.15, -0.1) is 0 Å². The standard InChI is InChI=1S/C17H16F2N2O3/c1-10(23)21-13-3-5-16(19)14(7-13)17(24)20-8-11-2-4-15(18)12(6-11)9-22/h2-7,22H,8-9H2,1H3,(H,20,24)(H,21,23). The van der Waals surface area contributed by atoms with Gasteiger partial charge in [-0.05, 0) is 35.9 Å². The minimum absolute atomic E-state index is 0.0376. The lowest BCUT2D eigenvalue weighted by Crippen LogP contribution is -2.24. The molecule has 2 aromatic rings. The molecule has 24 heavy (non-hydrogen) atoms. The van der Waals surface area contributed by atoms with Gasteiger partial charge in [0.15, 0.2) is 0 Å². The number of anilines is 1. The Hall–Kier alpha value is -2.80. The molecule has 0 saturated heterocycles. The molecule has 0 radical (unpaired) electrons. The number of carbonyl (C=O) groups excluding carboxylic acids is 2. The SMILES string of the molecule is CC(=O)Nc1ccc(F)c(C(=O)NCc2ccc(F)c(CO)c2)c1. The Labute approximate surface area is 137 Å². The molecule has 0 aliphatic carbocycles. The molecule has 0 aliphatic rings. The van der Waals surface area contributed by atoms with Crippen molar-refractivity contribution >= 4 is 17.5 Å². The van der Waals surface area contributed by atoms with Crippen LogP contribution in [0.3, 0.4) is 0 Å². The molecule has 0 aromatic heterocycles. The molecular formula is C17H16F2N2O3. The smallest absolute Gasteiger partial charge is 0.254 e. The molecule has 0 heterocycles. The van der Waals surface area contributed by atoms with E-state index in [2.05, 4.69) is 10.6 Å². The summed E-state index contributed by atoms with van der Waals surface area (Å²) in [6.45, 7) is 0.882. The molecule has 126 valence electrons. The molecule has 0 fully saturated rings. The van der Waals surface area contributed by atoms with Crippen LogP contribution < -0.4 is 10.6 Å². The van der Waals surface area contributed by atoms with Crippen molar-refractivity contribution in [1.82, 2.24) is 5.32 Å². The summed E-state index contributed by atoms with van der Waals surface area (Å²) >= 11 is 0. The van der Waals surface area contributed by atoms with Gasteiger partial charge in [0.25, 0.3) is 5.91 Å². The molecule has 2 rings (SSSR count). The summed E-state index contributed by atoms with van der Waals surface area (Å²) in [5.74, 6) is -2.27. The zero-order valence-corrected chi connectivity index (χ0v) is 12.9. The molecule has 0 unspecified atom stereocenters. The van der Waals surface area contributed by atoms with E-state index in [-0.39, 0.29) is 23.6 Å². The molecule has 0 spiro atoms. The van der Waals surface area contributed by atoms with Crippen molar-refractivity contribution in [3.63, 3.8) is 0 Å². The lowest BCUT2D eigenvalue weighted by Gasteiger charge is -2.09. The third-order valence-electron chi connectivity index (χ3n) is 3.26. The van der Waals surface area contributed by atoms with Crippen LogP contribution >= 0.6 is 0 Å². The van der Waals surface area contributed by atoms with Gasteiger partial charge >= 0.3 is 0 Å². The van der Waals surface area contributed by atoms with E-state index in [0.29, 0.717) is 11.3 Å². The first-order valence-corrected chi connectivity index (χ1v) is 7.14. The number of nitrogens with one attached hydrogen (secondary N) is 2. The molecule has 2 aromatic carbocycles. The van der Waals surface area contributed by atoms with E-state index in [9.17, 15) is 18.4 Å². The van der Waals surface area contributed by atoms with Gasteiger partial charge in [-0.3, -0.25) is 9.59 Å². The Morgan fingerprint density at radius 3 is 2.46 bits per heavy atom. The fourth-order valence-corrected chi connectivity index (χ4v) is 2.12. The minimum atomic E-state index is -0.725. The van der Waals surface area contributed by atoms with Crippen LogP contribution in [0.2, 0.25) is 0 Å². The van der Waals surface area contributed by atoms with Crippen LogP contribution in [0, 0.1) is 11.6 Å². The van der Waals surface area contributed by atoms with Crippen LogP contribution in [-0.4, -0.2) is 16.9 Å². The highest BCUT2D eigenvalue weighted by molar-refractivity contribution is 5.97. The molecule has 7 heteroatoms. The van der Waals surface area contributed by atoms with Crippen molar-refractivity contribution in [2.75, 3.05) is 5.32 Å². The number of aliphatic hydroxyl groups excluding tert-OH is 1. The van der Waals surface area contributed by atoms with Gasteiger partial charge in [0.05, 0.1) is 12.2 Å².